The molecule has 6 heteroatoms. The summed E-state index contributed by atoms with van der Waals surface area (Å²) in [4.78, 5) is 0. The SMILES string of the molecule is OCc1nnn(Cc2cccc(F)c2)c1-c1ccccc1Cl. The van der Waals surface area contributed by atoms with Gasteiger partial charge >= 0.3 is 0 Å². The first-order valence-electron chi connectivity index (χ1n) is 6.71. The van der Waals surface area contributed by atoms with Crippen LogP contribution in [0.15, 0.2) is 48.5 Å². The molecular weight excluding hydrogens is 305 g/mol. The average molecular weight is 318 g/mol. The smallest absolute Gasteiger partial charge is 0.123 e. The second-order valence-electron chi connectivity index (χ2n) is 4.81. The Balaban J connectivity index is 2.06. The van der Waals surface area contributed by atoms with Crippen LogP contribution in [-0.2, 0) is 13.2 Å². The highest BCUT2D eigenvalue weighted by molar-refractivity contribution is 6.33. The van der Waals surface area contributed by atoms with Crippen molar-refractivity contribution in [1.29, 1.82) is 0 Å². The predicted molar refractivity (Wildman–Crippen MR) is 81.9 cm³/mol. The van der Waals surface area contributed by atoms with Crippen molar-refractivity contribution >= 4 is 11.6 Å². The van der Waals surface area contributed by atoms with Crippen LogP contribution >= 0.6 is 11.6 Å². The maximum absolute atomic E-state index is 13.3. The maximum Gasteiger partial charge on any atom is 0.123 e. The van der Waals surface area contributed by atoms with E-state index in [1.54, 1.807) is 22.9 Å². The van der Waals surface area contributed by atoms with Gasteiger partial charge < -0.3 is 5.11 Å². The van der Waals surface area contributed by atoms with Gasteiger partial charge in [0, 0.05) is 5.56 Å². The second-order valence-corrected chi connectivity index (χ2v) is 5.22. The number of rotatable bonds is 4. The number of aliphatic hydroxyl groups is 1. The van der Waals surface area contributed by atoms with E-state index in [1.807, 2.05) is 18.2 Å². The molecule has 0 bridgehead atoms. The maximum atomic E-state index is 13.3. The Labute approximate surface area is 131 Å². The molecule has 0 amide bonds. The van der Waals surface area contributed by atoms with Crippen LogP contribution in [0.1, 0.15) is 11.3 Å². The van der Waals surface area contributed by atoms with Gasteiger partial charge in [0.1, 0.15) is 11.5 Å². The van der Waals surface area contributed by atoms with Gasteiger partial charge in [-0.25, -0.2) is 9.07 Å². The number of aliphatic hydroxyl groups excluding tert-OH is 1. The van der Waals surface area contributed by atoms with E-state index in [1.165, 1.54) is 12.1 Å². The minimum Gasteiger partial charge on any atom is -0.390 e. The van der Waals surface area contributed by atoms with E-state index in [2.05, 4.69) is 10.3 Å². The zero-order chi connectivity index (χ0) is 15.5. The Morgan fingerprint density at radius 2 is 1.95 bits per heavy atom. The molecule has 4 nitrogen and oxygen atoms in total. The molecule has 2 aromatic carbocycles. The number of halogens is 2. The highest BCUT2D eigenvalue weighted by Gasteiger charge is 2.17. The van der Waals surface area contributed by atoms with E-state index >= 15 is 0 Å². The van der Waals surface area contributed by atoms with Crippen LogP contribution in [0.2, 0.25) is 5.02 Å². The lowest BCUT2D eigenvalue weighted by Crippen LogP contribution is -2.05. The first-order valence-corrected chi connectivity index (χ1v) is 7.09. The standard InChI is InChI=1S/C16H13ClFN3O/c17-14-7-2-1-6-13(14)16-15(10-22)19-20-21(16)9-11-4-3-5-12(18)8-11/h1-8,22H,9-10H2. The zero-order valence-corrected chi connectivity index (χ0v) is 12.3. The van der Waals surface area contributed by atoms with Gasteiger partial charge in [-0.05, 0) is 23.8 Å². The fraction of sp³-hybridized carbons (Fsp3) is 0.125. The first kappa shape index (κ1) is 14.7. The number of benzene rings is 2. The summed E-state index contributed by atoms with van der Waals surface area (Å²) in [6, 6.07) is 13.5. The molecule has 0 fully saturated rings. The van der Waals surface area contributed by atoms with Gasteiger partial charge in [0.25, 0.3) is 0 Å². The van der Waals surface area contributed by atoms with Gasteiger partial charge in [0.05, 0.1) is 23.9 Å². The van der Waals surface area contributed by atoms with Crippen LogP contribution in [0.4, 0.5) is 4.39 Å². The fourth-order valence-electron chi connectivity index (χ4n) is 2.32. The summed E-state index contributed by atoms with van der Waals surface area (Å²) in [5.74, 6) is -0.306. The molecule has 0 aliphatic rings. The Kier molecular flexibility index (Phi) is 4.18. The zero-order valence-electron chi connectivity index (χ0n) is 11.6. The Morgan fingerprint density at radius 1 is 1.14 bits per heavy atom. The highest BCUT2D eigenvalue weighted by atomic mass is 35.5. The summed E-state index contributed by atoms with van der Waals surface area (Å²) in [6.45, 7) is 0.0923. The first-order chi connectivity index (χ1) is 10.7. The van der Waals surface area contributed by atoms with E-state index in [-0.39, 0.29) is 12.4 Å². The molecule has 0 spiro atoms. The van der Waals surface area contributed by atoms with Gasteiger partial charge in [-0.1, -0.05) is 47.1 Å². The largest absolute Gasteiger partial charge is 0.390 e. The summed E-state index contributed by atoms with van der Waals surface area (Å²) >= 11 is 6.23. The van der Waals surface area contributed by atoms with E-state index in [9.17, 15) is 9.50 Å². The minimum absolute atomic E-state index is 0.246. The quantitative estimate of drug-likeness (QED) is 0.803. The van der Waals surface area contributed by atoms with E-state index < -0.39 is 0 Å². The molecule has 1 heterocycles. The molecule has 0 radical (unpaired) electrons. The van der Waals surface area contributed by atoms with Crippen molar-refractivity contribution in [2.45, 2.75) is 13.2 Å². The van der Waals surface area contributed by atoms with Crippen molar-refractivity contribution in [2.75, 3.05) is 0 Å². The van der Waals surface area contributed by atoms with E-state index in [0.29, 0.717) is 23.0 Å². The number of nitrogens with zero attached hydrogens (tertiary/aromatic N) is 3. The van der Waals surface area contributed by atoms with Crippen molar-refractivity contribution in [3.8, 4) is 11.3 Å². The molecule has 0 aliphatic carbocycles. The molecule has 3 rings (SSSR count). The predicted octanol–water partition coefficient (Wildman–Crippen LogP) is 3.28. The van der Waals surface area contributed by atoms with Gasteiger partial charge in [0.15, 0.2) is 0 Å². The van der Waals surface area contributed by atoms with Crippen molar-refractivity contribution in [3.63, 3.8) is 0 Å². The van der Waals surface area contributed by atoms with Crippen LogP contribution in [0.3, 0.4) is 0 Å². The van der Waals surface area contributed by atoms with Crippen LogP contribution in [0, 0.1) is 5.82 Å². The minimum atomic E-state index is -0.306. The fourth-order valence-corrected chi connectivity index (χ4v) is 2.55. The van der Waals surface area contributed by atoms with Gasteiger partial charge in [-0.3, -0.25) is 0 Å². The van der Waals surface area contributed by atoms with Gasteiger partial charge in [-0.2, -0.15) is 0 Å². The van der Waals surface area contributed by atoms with Gasteiger partial charge in [-0.15, -0.1) is 5.10 Å². The summed E-state index contributed by atoms with van der Waals surface area (Å²) < 4.78 is 14.9. The normalized spacial score (nSPS) is 10.9. The number of aromatic nitrogens is 3. The Morgan fingerprint density at radius 3 is 2.68 bits per heavy atom. The number of hydrogen-bond donors (Lipinski definition) is 1. The summed E-state index contributed by atoms with van der Waals surface area (Å²) in [7, 11) is 0. The molecule has 0 atom stereocenters. The van der Waals surface area contributed by atoms with E-state index in [4.69, 9.17) is 11.6 Å². The second kappa shape index (κ2) is 6.25. The molecule has 0 unspecified atom stereocenters. The van der Waals surface area contributed by atoms with Crippen molar-refractivity contribution in [2.24, 2.45) is 0 Å². The van der Waals surface area contributed by atoms with Crippen molar-refractivity contribution in [3.05, 3.63) is 70.6 Å². The Bertz CT molecular complexity index is 804. The monoisotopic (exact) mass is 317 g/mol. The third-order valence-electron chi connectivity index (χ3n) is 3.30. The van der Waals surface area contributed by atoms with Crippen LogP contribution in [0.25, 0.3) is 11.3 Å². The summed E-state index contributed by atoms with van der Waals surface area (Å²) in [5.41, 5.74) is 2.55. The van der Waals surface area contributed by atoms with Crippen molar-refractivity contribution in [1.82, 2.24) is 15.0 Å². The van der Waals surface area contributed by atoms with Crippen molar-refractivity contribution < 1.29 is 9.50 Å². The molecule has 22 heavy (non-hydrogen) atoms. The molecule has 1 aromatic heterocycles. The lowest BCUT2D eigenvalue weighted by Gasteiger charge is -2.09. The lowest BCUT2D eigenvalue weighted by atomic mass is 10.1. The molecular formula is C16H13ClFN3O. The molecule has 3 aromatic rings. The third-order valence-corrected chi connectivity index (χ3v) is 3.63. The summed E-state index contributed by atoms with van der Waals surface area (Å²) in [5, 5.41) is 18.1. The Hall–Kier alpha value is -2.24. The van der Waals surface area contributed by atoms with Crippen LogP contribution < -0.4 is 0 Å². The highest BCUT2D eigenvalue weighted by Crippen LogP contribution is 2.29. The molecule has 0 aliphatic heterocycles. The lowest BCUT2D eigenvalue weighted by molar-refractivity contribution is 0.277. The number of hydrogen-bond acceptors (Lipinski definition) is 3. The van der Waals surface area contributed by atoms with Gasteiger partial charge in [0.2, 0.25) is 0 Å². The summed E-state index contributed by atoms with van der Waals surface area (Å²) in [6.07, 6.45) is 0. The molecule has 0 saturated carbocycles. The molecule has 1 N–H and O–H groups in total. The molecule has 0 saturated heterocycles. The third kappa shape index (κ3) is 2.86. The van der Waals surface area contributed by atoms with E-state index in [0.717, 1.165) is 11.1 Å². The average Bonchev–Trinajstić information content (AvgIpc) is 2.90. The topological polar surface area (TPSA) is 50.9 Å². The molecule has 112 valence electrons. The van der Waals surface area contributed by atoms with Crippen LogP contribution in [-0.4, -0.2) is 20.1 Å². The van der Waals surface area contributed by atoms with Crippen LogP contribution in [0.5, 0.6) is 0 Å².